The molecule has 4 rings (SSSR count). The van der Waals surface area contributed by atoms with Crippen molar-refractivity contribution in [3.63, 3.8) is 0 Å². The maximum absolute atomic E-state index is 13.1. The highest BCUT2D eigenvalue weighted by molar-refractivity contribution is 6.13. The zero-order chi connectivity index (χ0) is 20.1. The minimum absolute atomic E-state index is 0.198. The van der Waals surface area contributed by atoms with E-state index in [1.54, 1.807) is 36.4 Å². The normalized spacial score (nSPS) is 10.3. The van der Waals surface area contributed by atoms with Crippen LogP contribution in [0, 0.1) is 0 Å². The quantitative estimate of drug-likeness (QED) is 0.297. The molecule has 0 aromatic heterocycles. The fourth-order valence-electron chi connectivity index (χ4n) is 3.12. The molecule has 0 amide bonds. The van der Waals surface area contributed by atoms with Gasteiger partial charge in [-0.25, -0.2) is 0 Å². The molecule has 0 unspecified atom stereocenters. The number of ether oxygens (including phenoxy) is 1. The first-order valence-corrected chi connectivity index (χ1v) is 9.27. The Bertz CT molecular complexity index is 1130. The summed E-state index contributed by atoms with van der Waals surface area (Å²) in [5.41, 5.74) is 3.14. The van der Waals surface area contributed by atoms with Gasteiger partial charge in [0.15, 0.2) is 12.1 Å². The third kappa shape index (κ3) is 4.14. The van der Waals surface area contributed by atoms with Crippen molar-refractivity contribution in [3.05, 3.63) is 120 Å². The number of para-hydroxylation sites is 1. The van der Waals surface area contributed by atoms with E-state index in [-0.39, 0.29) is 5.78 Å². The van der Waals surface area contributed by atoms with Gasteiger partial charge in [-0.05, 0) is 53.6 Å². The number of hydrogen-bond acceptors (Lipinski definition) is 3. The molecular formula is C26H18O3. The number of ketones is 1. The van der Waals surface area contributed by atoms with E-state index in [1.807, 2.05) is 66.7 Å². The summed E-state index contributed by atoms with van der Waals surface area (Å²) in [6.45, 7) is 0. The molecule has 3 nitrogen and oxygen atoms in total. The molecule has 0 spiro atoms. The molecule has 0 N–H and O–H groups in total. The smallest absolute Gasteiger partial charge is 0.193 e. The number of rotatable bonds is 6. The van der Waals surface area contributed by atoms with Crippen LogP contribution in [0.3, 0.4) is 0 Å². The van der Waals surface area contributed by atoms with Gasteiger partial charge in [0.05, 0.1) is 0 Å². The van der Waals surface area contributed by atoms with E-state index in [9.17, 15) is 9.59 Å². The average Bonchev–Trinajstić information content (AvgIpc) is 2.80. The van der Waals surface area contributed by atoms with Gasteiger partial charge < -0.3 is 4.74 Å². The number of carbonyl (C=O) groups is 2. The van der Waals surface area contributed by atoms with Crippen LogP contribution in [-0.2, 0) is 0 Å². The highest BCUT2D eigenvalue weighted by Gasteiger charge is 2.15. The molecule has 0 heterocycles. The van der Waals surface area contributed by atoms with Crippen molar-refractivity contribution in [3.8, 4) is 22.6 Å². The van der Waals surface area contributed by atoms with Crippen LogP contribution in [0.15, 0.2) is 103 Å². The molecule has 29 heavy (non-hydrogen) atoms. The minimum atomic E-state index is -0.198. The van der Waals surface area contributed by atoms with Gasteiger partial charge in [0.25, 0.3) is 0 Å². The average molecular weight is 378 g/mol. The third-order valence-electron chi connectivity index (χ3n) is 4.63. The number of carbonyl (C=O) groups excluding carboxylic acids is 2. The largest absolute Gasteiger partial charge is 0.457 e. The Morgan fingerprint density at radius 1 is 0.655 bits per heavy atom. The van der Waals surface area contributed by atoms with Crippen LogP contribution in [0.25, 0.3) is 11.1 Å². The van der Waals surface area contributed by atoms with Crippen LogP contribution >= 0.6 is 0 Å². The second-order valence-electron chi connectivity index (χ2n) is 6.55. The standard InChI is InChI=1S/C26H18O3/c27-18-22-12-11-21(19-7-3-1-4-8-19)17-25(22)26(28)20-13-15-24(16-14-20)29-23-9-5-2-6-10-23/h1-18H. The van der Waals surface area contributed by atoms with Crippen LogP contribution in [0.5, 0.6) is 11.5 Å². The molecule has 0 saturated heterocycles. The summed E-state index contributed by atoms with van der Waals surface area (Å²) in [6, 6.07) is 31.5. The van der Waals surface area contributed by atoms with E-state index in [0.717, 1.165) is 23.2 Å². The highest BCUT2D eigenvalue weighted by Crippen LogP contribution is 2.25. The summed E-state index contributed by atoms with van der Waals surface area (Å²) in [5, 5.41) is 0. The lowest BCUT2D eigenvalue weighted by Gasteiger charge is -2.09. The summed E-state index contributed by atoms with van der Waals surface area (Å²) >= 11 is 0. The molecule has 140 valence electrons. The first-order valence-electron chi connectivity index (χ1n) is 9.27. The van der Waals surface area contributed by atoms with E-state index in [2.05, 4.69) is 0 Å². The summed E-state index contributed by atoms with van der Waals surface area (Å²) in [6.07, 6.45) is 0.717. The molecular weight excluding hydrogens is 360 g/mol. The highest BCUT2D eigenvalue weighted by atomic mass is 16.5. The van der Waals surface area contributed by atoms with Gasteiger partial charge in [-0.3, -0.25) is 9.59 Å². The Hall–Kier alpha value is -3.98. The summed E-state index contributed by atoms with van der Waals surface area (Å²) in [7, 11) is 0. The zero-order valence-electron chi connectivity index (χ0n) is 15.6. The van der Waals surface area contributed by atoms with Crippen molar-refractivity contribution in [2.24, 2.45) is 0 Å². The molecule has 0 aliphatic rings. The van der Waals surface area contributed by atoms with Crippen molar-refractivity contribution < 1.29 is 14.3 Å². The predicted octanol–water partition coefficient (Wildman–Crippen LogP) is 6.19. The van der Waals surface area contributed by atoms with E-state index >= 15 is 0 Å². The van der Waals surface area contributed by atoms with Gasteiger partial charge >= 0.3 is 0 Å². The van der Waals surface area contributed by atoms with Gasteiger partial charge in [0, 0.05) is 16.7 Å². The molecule has 0 aliphatic carbocycles. The fourth-order valence-corrected chi connectivity index (χ4v) is 3.12. The second-order valence-corrected chi connectivity index (χ2v) is 6.55. The van der Waals surface area contributed by atoms with Crippen LogP contribution in [-0.4, -0.2) is 12.1 Å². The van der Waals surface area contributed by atoms with Crippen molar-refractivity contribution in [2.45, 2.75) is 0 Å². The Kier molecular flexibility index (Phi) is 5.30. The molecule has 0 bridgehead atoms. The maximum atomic E-state index is 13.1. The molecule has 0 aliphatic heterocycles. The molecule has 0 saturated carbocycles. The summed E-state index contributed by atoms with van der Waals surface area (Å²) < 4.78 is 5.77. The molecule has 0 radical (unpaired) electrons. The van der Waals surface area contributed by atoms with Crippen LogP contribution < -0.4 is 4.74 Å². The Morgan fingerprint density at radius 2 is 1.28 bits per heavy atom. The Morgan fingerprint density at radius 3 is 1.93 bits per heavy atom. The number of hydrogen-bond donors (Lipinski definition) is 0. The number of aldehydes is 1. The fraction of sp³-hybridized carbons (Fsp3) is 0. The SMILES string of the molecule is O=Cc1ccc(-c2ccccc2)cc1C(=O)c1ccc(Oc2ccccc2)cc1. The Labute approximate surface area is 169 Å². The van der Waals surface area contributed by atoms with E-state index in [0.29, 0.717) is 22.4 Å². The molecule has 0 fully saturated rings. The zero-order valence-corrected chi connectivity index (χ0v) is 15.6. The van der Waals surface area contributed by atoms with Gasteiger partial charge in [0.1, 0.15) is 11.5 Å². The topological polar surface area (TPSA) is 43.4 Å². The van der Waals surface area contributed by atoms with Gasteiger partial charge in [0.2, 0.25) is 0 Å². The predicted molar refractivity (Wildman–Crippen MR) is 114 cm³/mol. The van der Waals surface area contributed by atoms with E-state index in [4.69, 9.17) is 4.74 Å². The van der Waals surface area contributed by atoms with Crippen LogP contribution in [0.2, 0.25) is 0 Å². The van der Waals surface area contributed by atoms with E-state index in [1.165, 1.54) is 0 Å². The van der Waals surface area contributed by atoms with Crippen LogP contribution in [0.1, 0.15) is 26.3 Å². The lowest BCUT2D eigenvalue weighted by atomic mass is 9.94. The second kappa shape index (κ2) is 8.36. The first kappa shape index (κ1) is 18.4. The van der Waals surface area contributed by atoms with Crippen molar-refractivity contribution in [1.29, 1.82) is 0 Å². The lowest BCUT2D eigenvalue weighted by molar-refractivity contribution is 0.102. The molecule has 0 atom stereocenters. The van der Waals surface area contributed by atoms with Gasteiger partial charge in [-0.2, -0.15) is 0 Å². The Balaban J connectivity index is 1.62. The monoisotopic (exact) mass is 378 g/mol. The number of benzene rings is 4. The van der Waals surface area contributed by atoms with Crippen molar-refractivity contribution in [2.75, 3.05) is 0 Å². The lowest BCUT2D eigenvalue weighted by Crippen LogP contribution is -2.05. The summed E-state index contributed by atoms with van der Waals surface area (Å²) in [5.74, 6) is 1.17. The molecule has 3 heteroatoms. The summed E-state index contributed by atoms with van der Waals surface area (Å²) in [4.78, 5) is 24.6. The van der Waals surface area contributed by atoms with Crippen molar-refractivity contribution >= 4 is 12.1 Å². The van der Waals surface area contributed by atoms with Crippen molar-refractivity contribution in [1.82, 2.24) is 0 Å². The molecule has 4 aromatic rings. The van der Waals surface area contributed by atoms with E-state index < -0.39 is 0 Å². The molecule has 4 aromatic carbocycles. The minimum Gasteiger partial charge on any atom is -0.457 e. The van der Waals surface area contributed by atoms with Gasteiger partial charge in [-0.15, -0.1) is 0 Å². The maximum Gasteiger partial charge on any atom is 0.193 e. The van der Waals surface area contributed by atoms with Crippen LogP contribution in [0.4, 0.5) is 0 Å². The first-order chi connectivity index (χ1) is 14.2. The third-order valence-corrected chi connectivity index (χ3v) is 4.63. The van der Waals surface area contributed by atoms with Gasteiger partial charge in [-0.1, -0.05) is 60.7 Å².